The molecule has 2 nitrogen and oxygen atoms in total. The van der Waals surface area contributed by atoms with Crippen molar-refractivity contribution in [2.24, 2.45) is 11.7 Å². The number of nitrogens with two attached hydrogens (primary N) is 1. The zero-order chi connectivity index (χ0) is 11.4. The first-order valence-corrected chi connectivity index (χ1v) is 7.20. The minimum Gasteiger partial charge on any atom is -0.329 e. The van der Waals surface area contributed by atoms with E-state index in [1.165, 1.54) is 37.2 Å². The molecule has 16 heavy (non-hydrogen) atoms. The summed E-state index contributed by atoms with van der Waals surface area (Å²) in [5.74, 6) is 0.878. The minimum atomic E-state index is 0.453. The van der Waals surface area contributed by atoms with Crippen molar-refractivity contribution in [1.29, 1.82) is 0 Å². The van der Waals surface area contributed by atoms with Gasteiger partial charge in [-0.05, 0) is 36.8 Å². The number of likely N-dealkylation sites (tertiary alicyclic amines) is 1. The van der Waals surface area contributed by atoms with Crippen molar-refractivity contribution in [3.05, 3.63) is 22.4 Å². The van der Waals surface area contributed by atoms with Gasteiger partial charge in [-0.1, -0.05) is 19.4 Å². The van der Waals surface area contributed by atoms with E-state index >= 15 is 0 Å². The maximum Gasteiger partial charge on any atom is 0.0564 e. The average Bonchev–Trinajstić information content (AvgIpc) is 2.84. The number of hydrogen-bond acceptors (Lipinski definition) is 3. The lowest BCUT2D eigenvalue weighted by Gasteiger charge is -2.37. The van der Waals surface area contributed by atoms with Gasteiger partial charge in [-0.15, -0.1) is 11.3 Å². The highest BCUT2D eigenvalue weighted by Crippen LogP contribution is 2.29. The fourth-order valence-corrected chi connectivity index (χ4v) is 3.51. The van der Waals surface area contributed by atoms with E-state index in [0.717, 1.165) is 12.5 Å². The van der Waals surface area contributed by atoms with Crippen LogP contribution in [0.25, 0.3) is 0 Å². The first-order chi connectivity index (χ1) is 7.85. The van der Waals surface area contributed by atoms with Gasteiger partial charge in [0.25, 0.3) is 0 Å². The van der Waals surface area contributed by atoms with E-state index in [1.807, 2.05) is 11.3 Å². The summed E-state index contributed by atoms with van der Waals surface area (Å²) in [5, 5.41) is 2.15. The summed E-state index contributed by atoms with van der Waals surface area (Å²) < 4.78 is 0. The molecule has 2 atom stereocenters. The van der Waals surface area contributed by atoms with Crippen LogP contribution in [0.2, 0.25) is 0 Å². The van der Waals surface area contributed by atoms with Gasteiger partial charge in [0.1, 0.15) is 0 Å². The molecule has 0 amide bonds. The van der Waals surface area contributed by atoms with Crippen molar-refractivity contribution in [3.63, 3.8) is 0 Å². The Balaban J connectivity index is 2.03. The standard InChI is InChI=1S/C13H22N2S/c1-2-11-5-3-7-15(10-11)12(9-14)13-6-4-8-16-13/h4,6,8,11-12H,2-3,5,7,9-10,14H2,1H3. The molecule has 2 heterocycles. The summed E-state index contributed by atoms with van der Waals surface area (Å²) in [6.45, 7) is 5.50. The van der Waals surface area contributed by atoms with Crippen molar-refractivity contribution in [1.82, 2.24) is 4.90 Å². The monoisotopic (exact) mass is 238 g/mol. The molecule has 0 spiro atoms. The Morgan fingerprint density at radius 3 is 3.12 bits per heavy atom. The molecule has 3 heteroatoms. The second-order valence-electron chi connectivity index (χ2n) is 4.68. The maximum atomic E-state index is 5.95. The molecule has 0 aliphatic carbocycles. The van der Waals surface area contributed by atoms with E-state index in [4.69, 9.17) is 5.73 Å². The molecular weight excluding hydrogens is 216 g/mol. The van der Waals surface area contributed by atoms with Crippen molar-refractivity contribution < 1.29 is 0 Å². The predicted molar refractivity (Wildman–Crippen MR) is 70.7 cm³/mol. The first kappa shape index (κ1) is 12.1. The summed E-state index contributed by atoms with van der Waals surface area (Å²) >= 11 is 1.84. The Hall–Kier alpha value is -0.380. The fourth-order valence-electron chi connectivity index (χ4n) is 2.64. The number of hydrogen-bond donors (Lipinski definition) is 1. The molecule has 0 radical (unpaired) electrons. The lowest BCUT2D eigenvalue weighted by Crippen LogP contribution is -2.40. The lowest BCUT2D eigenvalue weighted by atomic mass is 9.94. The first-order valence-electron chi connectivity index (χ1n) is 6.32. The summed E-state index contributed by atoms with van der Waals surface area (Å²) in [4.78, 5) is 4.02. The van der Waals surface area contributed by atoms with Crippen LogP contribution < -0.4 is 5.73 Å². The summed E-state index contributed by atoms with van der Waals surface area (Å²) in [6.07, 6.45) is 4.04. The third-order valence-electron chi connectivity index (χ3n) is 3.66. The number of rotatable bonds is 4. The Labute approximate surface area is 102 Å². The van der Waals surface area contributed by atoms with Gasteiger partial charge in [0.2, 0.25) is 0 Å². The van der Waals surface area contributed by atoms with Crippen LogP contribution in [-0.4, -0.2) is 24.5 Å². The minimum absolute atomic E-state index is 0.453. The van der Waals surface area contributed by atoms with Crippen LogP contribution in [0.15, 0.2) is 17.5 Å². The van der Waals surface area contributed by atoms with E-state index in [0.29, 0.717) is 6.04 Å². The predicted octanol–water partition coefficient (Wildman–Crippen LogP) is 2.87. The van der Waals surface area contributed by atoms with Gasteiger partial charge in [0.15, 0.2) is 0 Å². The van der Waals surface area contributed by atoms with Gasteiger partial charge in [-0.3, -0.25) is 4.90 Å². The van der Waals surface area contributed by atoms with Crippen molar-refractivity contribution in [2.45, 2.75) is 32.2 Å². The Morgan fingerprint density at radius 2 is 2.50 bits per heavy atom. The van der Waals surface area contributed by atoms with Crippen molar-refractivity contribution in [2.75, 3.05) is 19.6 Å². The van der Waals surface area contributed by atoms with Crippen LogP contribution in [0.3, 0.4) is 0 Å². The van der Waals surface area contributed by atoms with Crippen LogP contribution in [-0.2, 0) is 0 Å². The van der Waals surface area contributed by atoms with Gasteiger partial charge in [0.05, 0.1) is 6.04 Å². The quantitative estimate of drug-likeness (QED) is 0.874. The molecule has 1 fully saturated rings. The molecule has 1 saturated heterocycles. The molecule has 90 valence electrons. The summed E-state index contributed by atoms with van der Waals surface area (Å²) in [7, 11) is 0. The van der Waals surface area contributed by atoms with Gasteiger partial charge < -0.3 is 5.73 Å². The normalized spacial score (nSPS) is 24.5. The van der Waals surface area contributed by atoms with Gasteiger partial charge in [-0.25, -0.2) is 0 Å². The van der Waals surface area contributed by atoms with Crippen molar-refractivity contribution in [3.8, 4) is 0 Å². The Bertz CT molecular complexity index is 297. The molecule has 0 aromatic carbocycles. The molecule has 2 N–H and O–H groups in total. The zero-order valence-corrected chi connectivity index (χ0v) is 10.9. The van der Waals surface area contributed by atoms with E-state index < -0.39 is 0 Å². The Morgan fingerprint density at radius 1 is 1.62 bits per heavy atom. The van der Waals surface area contributed by atoms with E-state index in [1.54, 1.807) is 0 Å². The maximum absolute atomic E-state index is 5.95. The number of piperidine rings is 1. The molecule has 0 bridgehead atoms. The van der Waals surface area contributed by atoms with Gasteiger partial charge in [-0.2, -0.15) is 0 Å². The van der Waals surface area contributed by atoms with Gasteiger partial charge >= 0.3 is 0 Å². The zero-order valence-electron chi connectivity index (χ0n) is 10.1. The van der Waals surface area contributed by atoms with E-state index in [2.05, 4.69) is 29.3 Å². The highest BCUT2D eigenvalue weighted by atomic mass is 32.1. The Kier molecular flexibility index (Phi) is 4.38. The van der Waals surface area contributed by atoms with Crippen LogP contribution in [0, 0.1) is 5.92 Å². The van der Waals surface area contributed by atoms with Crippen LogP contribution in [0.1, 0.15) is 37.1 Å². The number of thiophene rings is 1. The van der Waals surface area contributed by atoms with Crippen molar-refractivity contribution >= 4 is 11.3 Å². The molecular formula is C13H22N2S. The smallest absolute Gasteiger partial charge is 0.0564 e. The second kappa shape index (κ2) is 5.80. The third-order valence-corrected chi connectivity index (χ3v) is 4.64. The highest BCUT2D eigenvalue weighted by molar-refractivity contribution is 7.10. The third kappa shape index (κ3) is 2.65. The van der Waals surface area contributed by atoms with Crippen LogP contribution >= 0.6 is 11.3 Å². The topological polar surface area (TPSA) is 29.3 Å². The molecule has 0 saturated carbocycles. The average molecular weight is 238 g/mol. The van der Waals surface area contributed by atoms with E-state index in [9.17, 15) is 0 Å². The van der Waals surface area contributed by atoms with Crippen LogP contribution in [0.5, 0.6) is 0 Å². The molecule has 2 rings (SSSR count). The molecule has 1 aromatic rings. The van der Waals surface area contributed by atoms with E-state index in [-0.39, 0.29) is 0 Å². The van der Waals surface area contributed by atoms with Crippen LogP contribution in [0.4, 0.5) is 0 Å². The SMILES string of the molecule is CCC1CCCN(C(CN)c2cccs2)C1. The molecule has 1 aromatic heterocycles. The molecule has 1 aliphatic heterocycles. The lowest BCUT2D eigenvalue weighted by molar-refractivity contribution is 0.126. The van der Waals surface area contributed by atoms with Gasteiger partial charge in [0, 0.05) is 18.0 Å². The fraction of sp³-hybridized carbons (Fsp3) is 0.692. The highest BCUT2D eigenvalue weighted by Gasteiger charge is 2.25. The molecule has 2 unspecified atom stereocenters. The summed E-state index contributed by atoms with van der Waals surface area (Å²) in [6, 6.07) is 4.80. The largest absolute Gasteiger partial charge is 0.329 e. The number of nitrogens with zero attached hydrogens (tertiary/aromatic N) is 1. The second-order valence-corrected chi connectivity index (χ2v) is 5.66. The molecule has 1 aliphatic rings. The summed E-state index contributed by atoms with van der Waals surface area (Å²) in [5.41, 5.74) is 5.95.